The van der Waals surface area contributed by atoms with E-state index in [2.05, 4.69) is 22.0 Å². The molecule has 0 aliphatic heterocycles. The van der Waals surface area contributed by atoms with Gasteiger partial charge in [-0.1, -0.05) is 6.92 Å². The molecular formula is C16H18N4O. The summed E-state index contributed by atoms with van der Waals surface area (Å²) in [5.41, 5.74) is 3.01. The van der Waals surface area contributed by atoms with Crippen LogP contribution in [-0.4, -0.2) is 26.9 Å². The third kappa shape index (κ3) is 2.67. The molecule has 0 saturated heterocycles. The van der Waals surface area contributed by atoms with Crippen LogP contribution in [0.3, 0.4) is 0 Å². The van der Waals surface area contributed by atoms with E-state index in [9.17, 15) is 0 Å². The molecule has 1 aromatic carbocycles. The summed E-state index contributed by atoms with van der Waals surface area (Å²) in [7, 11) is 1.66. The molecule has 5 nitrogen and oxygen atoms in total. The molecule has 21 heavy (non-hydrogen) atoms. The Labute approximate surface area is 123 Å². The van der Waals surface area contributed by atoms with Crippen molar-refractivity contribution in [2.24, 2.45) is 0 Å². The molecule has 3 rings (SSSR count). The van der Waals surface area contributed by atoms with Crippen LogP contribution in [0.15, 0.2) is 42.9 Å². The smallest absolute Gasteiger partial charge is 0.121 e. The van der Waals surface area contributed by atoms with Crippen LogP contribution in [0.2, 0.25) is 0 Å². The topological polar surface area (TPSA) is 55.7 Å². The van der Waals surface area contributed by atoms with Crippen molar-refractivity contribution in [2.45, 2.75) is 19.8 Å². The number of hydrogen-bond acceptors (Lipinski definition) is 3. The number of aryl methyl sites for hydroxylation is 1. The predicted octanol–water partition coefficient (Wildman–Crippen LogP) is 3.22. The van der Waals surface area contributed by atoms with Crippen LogP contribution >= 0.6 is 0 Å². The van der Waals surface area contributed by atoms with Crippen molar-refractivity contribution < 1.29 is 4.74 Å². The number of imidazole rings is 1. The van der Waals surface area contributed by atoms with E-state index >= 15 is 0 Å². The van der Waals surface area contributed by atoms with E-state index in [4.69, 9.17) is 4.74 Å². The molecule has 0 bridgehead atoms. The fourth-order valence-electron chi connectivity index (χ4n) is 2.33. The molecule has 1 N–H and O–H groups in total. The monoisotopic (exact) mass is 282 g/mol. The number of methoxy groups -OCH3 is 1. The number of hydrogen-bond donors (Lipinski definition) is 1. The third-order valence-corrected chi connectivity index (χ3v) is 3.36. The molecule has 3 aromatic rings. The lowest BCUT2D eigenvalue weighted by molar-refractivity contribution is 0.414. The first-order chi connectivity index (χ1) is 10.3. The zero-order valence-electron chi connectivity index (χ0n) is 12.2. The van der Waals surface area contributed by atoms with Gasteiger partial charge in [0, 0.05) is 30.4 Å². The number of nitrogens with zero attached hydrogens (tertiary/aromatic N) is 3. The van der Waals surface area contributed by atoms with Crippen molar-refractivity contribution in [3.63, 3.8) is 0 Å². The summed E-state index contributed by atoms with van der Waals surface area (Å²) in [6.07, 6.45) is 7.58. The van der Waals surface area contributed by atoms with Gasteiger partial charge in [0.1, 0.15) is 11.6 Å². The number of rotatable bonds is 5. The summed E-state index contributed by atoms with van der Waals surface area (Å²) in [4.78, 5) is 7.81. The van der Waals surface area contributed by atoms with Crippen LogP contribution in [-0.2, 0) is 6.42 Å². The number of H-pyrrole nitrogens is 1. The summed E-state index contributed by atoms with van der Waals surface area (Å²) in [5.74, 6) is 1.81. The molecule has 0 atom stereocenters. The van der Waals surface area contributed by atoms with Gasteiger partial charge < -0.3 is 9.72 Å². The third-order valence-electron chi connectivity index (χ3n) is 3.36. The molecule has 0 aliphatic carbocycles. The van der Waals surface area contributed by atoms with Crippen molar-refractivity contribution in [3.8, 4) is 22.7 Å². The maximum atomic E-state index is 5.32. The van der Waals surface area contributed by atoms with Crippen molar-refractivity contribution >= 4 is 0 Å². The highest BCUT2D eigenvalue weighted by Gasteiger charge is 2.11. The molecule has 0 amide bonds. The Morgan fingerprint density at radius 1 is 1.33 bits per heavy atom. The zero-order valence-corrected chi connectivity index (χ0v) is 12.2. The first-order valence-electron chi connectivity index (χ1n) is 7.04. The normalized spacial score (nSPS) is 10.8. The summed E-state index contributed by atoms with van der Waals surface area (Å²) < 4.78 is 7.15. The molecule has 0 unspecified atom stereocenters. The summed E-state index contributed by atoms with van der Waals surface area (Å²) >= 11 is 0. The molecule has 5 heteroatoms. The minimum absolute atomic E-state index is 0.803. The van der Waals surface area contributed by atoms with E-state index in [1.165, 1.54) is 0 Å². The second-order valence-corrected chi connectivity index (χ2v) is 4.83. The average molecular weight is 282 g/mol. The highest BCUT2D eigenvalue weighted by atomic mass is 16.5. The van der Waals surface area contributed by atoms with Crippen LogP contribution in [0.5, 0.6) is 5.75 Å². The number of nitrogens with one attached hydrogen (secondary N) is 1. The quantitative estimate of drug-likeness (QED) is 0.781. The molecule has 0 saturated carbocycles. The number of aromatic nitrogens is 4. The van der Waals surface area contributed by atoms with E-state index in [0.717, 1.165) is 41.4 Å². The summed E-state index contributed by atoms with van der Waals surface area (Å²) in [6.45, 7) is 2.14. The molecular weight excluding hydrogens is 264 g/mol. The van der Waals surface area contributed by atoms with Crippen LogP contribution in [0, 0.1) is 0 Å². The van der Waals surface area contributed by atoms with E-state index in [1.807, 2.05) is 41.3 Å². The van der Waals surface area contributed by atoms with Gasteiger partial charge in [0.05, 0.1) is 24.7 Å². The Morgan fingerprint density at radius 3 is 2.95 bits per heavy atom. The van der Waals surface area contributed by atoms with Crippen LogP contribution in [0.25, 0.3) is 16.9 Å². The van der Waals surface area contributed by atoms with Gasteiger partial charge in [0.2, 0.25) is 0 Å². The number of benzene rings is 1. The maximum absolute atomic E-state index is 5.32. The van der Waals surface area contributed by atoms with Crippen molar-refractivity contribution in [1.29, 1.82) is 0 Å². The molecule has 0 aliphatic rings. The van der Waals surface area contributed by atoms with Crippen molar-refractivity contribution in [1.82, 2.24) is 19.7 Å². The second-order valence-electron chi connectivity index (χ2n) is 4.83. The van der Waals surface area contributed by atoms with Crippen LogP contribution in [0.4, 0.5) is 0 Å². The van der Waals surface area contributed by atoms with Gasteiger partial charge in [-0.2, -0.15) is 5.10 Å². The maximum Gasteiger partial charge on any atom is 0.121 e. The fraction of sp³-hybridized carbons (Fsp3) is 0.250. The SMILES string of the molecule is CCCc1ncc(-c2ccc(OC)cc2-n2cccn2)[nH]1. The minimum Gasteiger partial charge on any atom is -0.497 e. The average Bonchev–Trinajstić information content (AvgIpc) is 3.18. The molecule has 0 radical (unpaired) electrons. The van der Waals surface area contributed by atoms with E-state index in [-0.39, 0.29) is 0 Å². The first-order valence-corrected chi connectivity index (χ1v) is 7.04. The minimum atomic E-state index is 0.803. The standard InChI is InChI=1S/C16H18N4O/c1-3-5-16-17-11-14(19-16)13-7-6-12(21-2)10-15(13)20-9-4-8-18-20/h4,6-11H,3,5H2,1-2H3,(H,17,19). The largest absolute Gasteiger partial charge is 0.497 e. The van der Waals surface area contributed by atoms with Crippen LogP contribution < -0.4 is 4.74 Å². The Balaban J connectivity index is 2.08. The molecule has 0 spiro atoms. The van der Waals surface area contributed by atoms with Gasteiger partial charge in [-0.05, 0) is 24.6 Å². The lowest BCUT2D eigenvalue weighted by atomic mass is 10.1. The van der Waals surface area contributed by atoms with Crippen molar-refractivity contribution in [3.05, 3.63) is 48.7 Å². The van der Waals surface area contributed by atoms with Crippen LogP contribution in [0.1, 0.15) is 19.2 Å². The van der Waals surface area contributed by atoms with Gasteiger partial charge >= 0.3 is 0 Å². The summed E-state index contributed by atoms with van der Waals surface area (Å²) in [6, 6.07) is 7.85. The van der Waals surface area contributed by atoms with E-state index in [0.29, 0.717) is 0 Å². The molecule has 2 heterocycles. The highest BCUT2D eigenvalue weighted by molar-refractivity contribution is 5.71. The number of aromatic amines is 1. The zero-order chi connectivity index (χ0) is 14.7. The lowest BCUT2D eigenvalue weighted by Crippen LogP contribution is -1.98. The predicted molar refractivity (Wildman–Crippen MR) is 81.7 cm³/mol. The van der Waals surface area contributed by atoms with Gasteiger partial charge in [0.25, 0.3) is 0 Å². The number of ether oxygens (including phenoxy) is 1. The second kappa shape index (κ2) is 5.83. The molecule has 0 fully saturated rings. The fourth-order valence-corrected chi connectivity index (χ4v) is 2.33. The van der Waals surface area contributed by atoms with Gasteiger partial charge in [-0.3, -0.25) is 0 Å². The van der Waals surface area contributed by atoms with Gasteiger partial charge in [0.15, 0.2) is 0 Å². The Hall–Kier alpha value is -2.56. The highest BCUT2D eigenvalue weighted by Crippen LogP contribution is 2.29. The van der Waals surface area contributed by atoms with Gasteiger partial charge in [-0.15, -0.1) is 0 Å². The Kier molecular flexibility index (Phi) is 3.73. The summed E-state index contributed by atoms with van der Waals surface area (Å²) in [5, 5.41) is 4.32. The molecule has 2 aromatic heterocycles. The van der Waals surface area contributed by atoms with Gasteiger partial charge in [-0.25, -0.2) is 9.67 Å². The van der Waals surface area contributed by atoms with E-state index < -0.39 is 0 Å². The first kappa shape index (κ1) is 13.4. The Bertz CT molecular complexity index is 716. The lowest BCUT2D eigenvalue weighted by Gasteiger charge is -2.10. The Morgan fingerprint density at radius 2 is 2.24 bits per heavy atom. The molecule has 108 valence electrons. The van der Waals surface area contributed by atoms with Crippen molar-refractivity contribution in [2.75, 3.05) is 7.11 Å². The van der Waals surface area contributed by atoms with E-state index in [1.54, 1.807) is 13.3 Å².